The molecule has 0 bridgehead atoms. The van der Waals surface area contributed by atoms with Gasteiger partial charge in [0, 0.05) is 6.54 Å². The summed E-state index contributed by atoms with van der Waals surface area (Å²) in [5.41, 5.74) is 1.24. The zero-order valence-corrected chi connectivity index (χ0v) is 10.4. The van der Waals surface area contributed by atoms with E-state index in [0.29, 0.717) is 0 Å². The van der Waals surface area contributed by atoms with Gasteiger partial charge in [-0.25, -0.2) is 0 Å². The van der Waals surface area contributed by atoms with Crippen LogP contribution in [0.15, 0.2) is 30.3 Å². The van der Waals surface area contributed by atoms with Crippen molar-refractivity contribution in [1.29, 1.82) is 0 Å². The Morgan fingerprint density at radius 3 is 2.71 bits per heavy atom. The Morgan fingerprint density at radius 2 is 2.12 bits per heavy atom. The van der Waals surface area contributed by atoms with Crippen LogP contribution in [-0.2, 0) is 9.47 Å². The summed E-state index contributed by atoms with van der Waals surface area (Å²) in [5.74, 6) is 0. The average molecular weight is 235 g/mol. The SMILES string of the molecule is CCCNCC(OC1COC1)c1ccccc1. The molecular weight excluding hydrogens is 214 g/mol. The second-order valence-electron chi connectivity index (χ2n) is 4.40. The van der Waals surface area contributed by atoms with Gasteiger partial charge < -0.3 is 14.8 Å². The van der Waals surface area contributed by atoms with E-state index in [-0.39, 0.29) is 12.2 Å². The fourth-order valence-corrected chi connectivity index (χ4v) is 1.85. The predicted molar refractivity (Wildman–Crippen MR) is 68.0 cm³/mol. The molecule has 0 spiro atoms. The molecular formula is C14H21NO2. The minimum Gasteiger partial charge on any atom is -0.376 e. The first-order valence-corrected chi connectivity index (χ1v) is 6.39. The third kappa shape index (κ3) is 3.80. The van der Waals surface area contributed by atoms with Gasteiger partial charge >= 0.3 is 0 Å². The fraction of sp³-hybridized carbons (Fsp3) is 0.571. The van der Waals surface area contributed by atoms with E-state index in [0.717, 1.165) is 32.7 Å². The number of benzene rings is 1. The molecule has 0 amide bonds. The topological polar surface area (TPSA) is 30.5 Å². The van der Waals surface area contributed by atoms with E-state index < -0.39 is 0 Å². The summed E-state index contributed by atoms with van der Waals surface area (Å²) >= 11 is 0. The summed E-state index contributed by atoms with van der Waals surface area (Å²) in [7, 11) is 0. The van der Waals surface area contributed by atoms with E-state index >= 15 is 0 Å². The minimum absolute atomic E-state index is 0.136. The summed E-state index contributed by atoms with van der Waals surface area (Å²) in [6.07, 6.45) is 1.55. The van der Waals surface area contributed by atoms with Gasteiger partial charge in [0.15, 0.2) is 0 Å². The average Bonchev–Trinajstić information content (AvgIpc) is 2.32. The number of hydrogen-bond acceptors (Lipinski definition) is 3. The fourth-order valence-electron chi connectivity index (χ4n) is 1.85. The summed E-state index contributed by atoms with van der Waals surface area (Å²) < 4.78 is 11.2. The zero-order chi connectivity index (χ0) is 11.9. The molecule has 0 aliphatic carbocycles. The minimum atomic E-state index is 0.136. The summed E-state index contributed by atoms with van der Waals surface area (Å²) in [6, 6.07) is 10.4. The summed E-state index contributed by atoms with van der Waals surface area (Å²) in [6.45, 7) is 5.54. The van der Waals surface area contributed by atoms with Gasteiger partial charge in [-0.2, -0.15) is 0 Å². The molecule has 1 aromatic rings. The molecule has 94 valence electrons. The van der Waals surface area contributed by atoms with Crippen molar-refractivity contribution >= 4 is 0 Å². The van der Waals surface area contributed by atoms with Gasteiger partial charge in [0.05, 0.1) is 19.3 Å². The molecule has 2 rings (SSSR count). The van der Waals surface area contributed by atoms with Crippen molar-refractivity contribution in [3.05, 3.63) is 35.9 Å². The van der Waals surface area contributed by atoms with Gasteiger partial charge in [-0.15, -0.1) is 0 Å². The molecule has 1 unspecified atom stereocenters. The molecule has 17 heavy (non-hydrogen) atoms. The lowest BCUT2D eigenvalue weighted by Gasteiger charge is -2.31. The summed E-state index contributed by atoms with van der Waals surface area (Å²) in [5, 5.41) is 3.42. The number of hydrogen-bond donors (Lipinski definition) is 1. The number of ether oxygens (including phenoxy) is 2. The smallest absolute Gasteiger partial charge is 0.105 e. The van der Waals surface area contributed by atoms with Crippen molar-refractivity contribution in [3.8, 4) is 0 Å². The van der Waals surface area contributed by atoms with Crippen LogP contribution in [0.3, 0.4) is 0 Å². The van der Waals surface area contributed by atoms with Gasteiger partial charge in [0.25, 0.3) is 0 Å². The van der Waals surface area contributed by atoms with Crippen LogP contribution in [0, 0.1) is 0 Å². The Hall–Kier alpha value is -0.900. The van der Waals surface area contributed by atoms with Crippen LogP contribution in [-0.4, -0.2) is 32.4 Å². The number of nitrogens with one attached hydrogen (secondary N) is 1. The van der Waals surface area contributed by atoms with Crippen molar-refractivity contribution in [1.82, 2.24) is 5.32 Å². The van der Waals surface area contributed by atoms with Crippen LogP contribution in [0.4, 0.5) is 0 Å². The van der Waals surface area contributed by atoms with E-state index in [4.69, 9.17) is 9.47 Å². The van der Waals surface area contributed by atoms with E-state index in [2.05, 4.69) is 36.5 Å². The second kappa shape index (κ2) is 6.74. The third-order valence-electron chi connectivity index (χ3n) is 2.89. The number of rotatable bonds is 7. The van der Waals surface area contributed by atoms with Gasteiger partial charge in [-0.1, -0.05) is 37.3 Å². The van der Waals surface area contributed by atoms with Gasteiger partial charge in [0.1, 0.15) is 6.10 Å². The Labute approximate surface area is 103 Å². The Morgan fingerprint density at radius 1 is 1.35 bits per heavy atom. The highest BCUT2D eigenvalue weighted by atomic mass is 16.6. The Kier molecular flexibility index (Phi) is 4.98. The van der Waals surface area contributed by atoms with Crippen LogP contribution >= 0.6 is 0 Å². The molecule has 0 saturated carbocycles. The lowest BCUT2D eigenvalue weighted by atomic mass is 10.1. The molecule has 3 heteroatoms. The normalized spacial score (nSPS) is 17.7. The largest absolute Gasteiger partial charge is 0.376 e. The molecule has 0 aromatic heterocycles. The van der Waals surface area contributed by atoms with Crippen LogP contribution in [0.2, 0.25) is 0 Å². The molecule has 1 saturated heterocycles. The lowest BCUT2D eigenvalue weighted by molar-refractivity contribution is -0.155. The first-order chi connectivity index (χ1) is 8.40. The van der Waals surface area contributed by atoms with E-state index in [1.54, 1.807) is 0 Å². The molecule has 1 fully saturated rings. The first-order valence-electron chi connectivity index (χ1n) is 6.39. The van der Waals surface area contributed by atoms with E-state index in [9.17, 15) is 0 Å². The first kappa shape index (κ1) is 12.6. The van der Waals surface area contributed by atoms with Gasteiger partial charge in [0.2, 0.25) is 0 Å². The van der Waals surface area contributed by atoms with Crippen LogP contribution in [0.1, 0.15) is 25.0 Å². The quantitative estimate of drug-likeness (QED) is 0.734. The highest BCUT2D eigenvalue weighted by Crippen LogP contribution is 2.21. The predicted octanol–water partition coefficient (Wildman–Crippen LogP) is 2.14. The maximum Gasteiger partial charge on any atom is 0.105 e. The third-order valence-corrected chi connectivity index (χ3v) is 2.89. The van der Waals surface area contributed by atoms with Crippen LogP contribution in [0.25, 0.3) is 0 Å². The maximum atomic E-state index is 6.03. The van der Waals surface area contributed by atoms with Crippen LogP contribution in [0.5, 0.6) is 0 Å². The van der Waals surface area contributed by atoms with E-state index in [1.807, 2.05) is 6.07 Å². The molecule has 1 aromatic carbocycles. The van der Waals surface area contributed by atoms with E-state index in [1.165, 1.54) is 5.56 Å². The Bertz CT molecular complexity index is 311. The lowest BCUT2D eigenvalue weighted by Crippen LogP contribution is -2.39. The standard InChI is InChI=1S/C14H21NO2/c1-2-8-15-9-14(17-13-10-16-11-13)12-6-4-3-5-7-12/h3-7,13-15H,2,8-11H2,1H3. The molecule has 1 aliphatic heterocycles. The molecule has 0 radical (unpaired) electrons. The summed E-state index contributed by atoms with van der Waals surface area (Å²) in [4.78, 5) is 0. The van der Waals surface area contributed by atoms with Gasteiger partial charge in [-0.3, -0.25) is 0 Å². The molecule has 1 aliphatic rings. The van der Waals surface area contributed by atoms with Crippen LogP contribution < -0.4 is 5.32 Å². The molecule has 1 N–H and O–H groups in total. The zero-order valence-electron chi connectivity index (χ0n) is 10.4. The monoisotopic (exact) mass is 235 g/mol. The molecule has 1 heterocycles. The Balaban J connectivity index is 1.91. The second-order valence-corrected chi connectivity index (χ2v) is 4.40. The maximum absolute atomic E-state index is 6.03. The highest BCUT2D eigenvalue weighted by molar-refractivity contribution is 5.18. The molecule has 3 nitrogen and oxygen atoms in total. The van der Waals surface area contributed by atoms with Crippen molar-refractivity contribution < 1.29 is 9.47 Å². The van der Waals surface area contributed by atoms with Gasteiger partial charge in [-0.05, 0) is 18.5 Å². The molecule has 1 atom stereocenters. The van der Waals surface area contributed by atoms with Crippen molar-refractivity contribution in [3.63, 3.8) is 0 Å². The van der Waals surface area contributed by atoms with Crippen molar-refractivity contribution in [2.45, 2.75) is 25.6 Å². The van der Waals surface area contributed by atoms with Crippen molar-refractivity contribution in [2.24, 2.45) is 0 Å². The van der Waals surface area contributed by atoms with Crippen molar-refractivity contribution in [2.75, 3.05) is 26.3 Å². The highest BCUT2D eigenvalue weighted by Gasteiger charge is 2.24.